The summed E-state index contributed by atoms with van der Waals surface area (Å²) in [5, 5.41) is 11.1. The molecule has 0 bridgehead atoms. The summed E-state index contributed by atoms with van der Waals surface area (Å²) in [5.74, 6) is -1.96. The fraction of sp³-hybridized carbons (Fsp3) is 0.562. The first-order valence-electron chi connectivity index (χ1n) is 7.58. The topological polar surface area (TPSA) is 92.7 Å². The Morgan fingerprint density at radius 2 is 1.95 bits per heavy atom. The molecule has 0 saturated heterocycles. The number of aliphatic hydroxyl groups excluding tert-OH is 1. The third kappa shape index (κ3) is 5.11. The van der Waals surface area contributed by atoms with E-state index >= 15 is 0 Å². The minimum absolute atomic E-state index is 0.00680. The fourth-order valence-corrected chi connectivity index (χ4v) is 2.08. The Morgan fingerprint density at radius 1 is 1.27 bits per heavy atom. The number of carbonyl (C=O) groups excluding carboxylic acids is 3. The minimum Gasteiger partial charge on any atom is -0.486 e. The molecule has 22 heavy (non-hydrogen) atoms. The predicted octanol–water partition coefficient (Wildman–Crippen LogP) is 1.04. The number of unbranched alkanes of at least 4 members (excludes halogenated alkanes) is 2. The van der Waals surface area contributed by atoms with Crippen molar-refractivity contribution >= 4 is 17.5 Å². The van der Waals surface area contributed by atoms with Crippen molar-refractivity contribution in [1.29, 1.82) is 0 Å². The van der Waals surface area contributed by atoms with Crippen LogP contribution in [0, 0.1) is 0 Å². The number of carbonyl (C=O) groups is 3. The Balaban J connectivity index is 2.87. The molecule has 0 saturated carbocycles. The number of ether oxygens (including phenoxy) is 1. The van der Waals surface area contributed by atoms with Crippen LogP contribution in [0.25, 0.3) is 0 Å². The second kappa shape index (κ2) is 9.15. The van der Waals surface area contributed by atoms with Gasteiger partial charge in [0.2, 0.25) is 5.78 Å². The van der Waals surface area contributed by atoms with Gasteiger partial charge in [0.05, 0.1) is 12.7 Å². The summed E-state index contributed by atoms with van der Waals surface area (Å²) in [6, 6.07) is 0. The number of amides is 1. The average Bonchev–Trinajstić information content (AvgIpc) is 2.49. The quantitative estimate of drug-likeness (QED) is 0.377. The first-order chi connectivity index (χ1) is 10.5. The fourth-order valence-electron chi connectivity index (χ4n) is 2.08. The molecule has 0 fully saturated rings. The molecule has 0 aliphatic heterocycles. The van der Waals surface area contributed by atoms with Gasteiger partial charge >= 0.3 is 0 Å². The van der Waals surface area contributed by atoms with E-state index in [4.69, 9.17) is 9.84 Å². The Morgan fingerprint density at radius 3 is 2.59 bits per heavy atom. The Bertz CT molecular complexity index is 493. The molecule has 0 aromatic carbocycles. The highest BCUT2D eigenvalue weighted by Crippen LogP contribution is 2.19. The molecular formula is C16H23NO5. The normalized spacial score (nSPS) is 16.0. The zero-order valence-corrected chi connectivity index (χ0v) is 13.1. The standard InChI is InChI=1S/C16H23NO5/c1-3-4-5-6-11(2)22-15-13(20)8-7-12(19)14(15)16(21)17-9-10-18/h7-8,11,18H,3-6,9-10H2,1-2H3,(H,17,21). The Hall–Kier alpha value is -1.95. The highest BCUT2D eigenvalue weighted by molar-refractivity contribution is 6.31. The van der Waals surface area contributed by atoms with Gasteiger partial charge in [-0.3, -0.25) is 14.4 Å². The maximum atomic E-state index is 12.0. The molecule has 1 rings (SSSR count). The van der Waals surface area contributed by atoms with Crippen LogP contribution in [0.15, 0.2) is 23.5 Å². The van der Waals surface area contributed by atoms with E-state index in [-0.39, 0.29) is 30.6 Å². The van der Waals surface area contributed by atoms with E-state index < -0.39 is 17.5 Å². The molecule has 0 aromatic heterocycles. The molecular weight excluding hydrogens is 286 g/mol. The van der Waals surface area contributed by atoms with Crippen LogP contribution in [0.2, 0.25) is 0 Å². The molecule has 6 nitrogen and oxygen atoms in total. The van der Waals surface area contributed by atoms with E-state index in [9.17, 15) is 14.4 Å². The summed E-state index contributed by atoms with van der Waals surface area (Å²) >= 11 is 0. The van der Waals surface area contributed by atoms with Gasteiger partial charge in [0.25, 0.3) is 5.91 Å². The van der Waals surface area contributed by atoms with Crippen LogP contribution in [-0.2, 0) is 19.1 Å². The highest BCUT2D eigenvalue weighted by Gasteiger charge is 2.30. The smallest absolute Gasteiger partial charge is 0.259 e. The molecule has 122 valence electrons. The highest BCUT2D eigenvalue weighted by atomic mass is 16.5. The summed E-state index contributed by atoms with van der Waals surface area (Å²) in [6.45, 7) is 3.65. The predicted molar refractivity (Wildman–Crippen MR) is 81.0 cm³/mol. The second-order valence-corrected chi connectivity index (χ2v) is 5.17. The van der Waals surface area contributed by atoms with E-state index in [0.29, 0.717) is 0 Å². The van der Waals surface area contributed by atoms with Crippen molar-refractivity contribution in [1.82, 2.24) is 5.32 Å². The SMILES string of the molecule is CCCCCC(C)OC1=C(C(=O)NCCO)C(=O)C=CC1=O. The van der Waals surface area contributed by atoms with Crippen LogP contribution in [0.4, 0.5) is 0 Å². The molecule has 1 atom stereocenters. The van der Waals surface area contributed by atoms with Crippen LogP contribution >= 0.6 is 0 Å². The van der Waals surface area contributed by atoms with Gasteiger partial charge in [-0.2, -0.15) is 0 Å². The van der Waals surface area contributed by atoms with Gasteiger partial charge in [-0.1, -0.05) is 19.8 Å². The molecule has 1 aliphatic rings. The molecule has 0 aromatic rings. The lowest BCUT2D eigenvalue weighted by Crippen LogP contribution is -2.34. The minimum atomic E-state index is -0.701. The van der Waals surface area contributed by atoms with E-state index in [0.717, 1.165) is 37.8 Å². The van der Waals surface area contributed by atoms with Crippen LogP contribution < -0.4 is 5.32 Å². The van der Waals surface area contributed by atoms with Crippen LogP contribution in [0.5, 0.6) is 0 Å². The van der Waals surface area contributed by atoms with Crippen molar-refractivity contribution in [2.75, 3.05) is 13.2 Å². The van der Waals surface area contributed by atoms with E-state index in [1.165, 1.54) is 0 Å². The Labute approximate surface area is 130 Å². The lowest BCUT2D eigenvalue weighted by molar-refractivity contribution is -0.124. The van der Waals surface area contributed by atoms with E-state index in [1.807, 2.05) is 6.92 Å². The van der Waals surface area contributed by atoms with Gasteiger partial charge in [0.1, 0.15) is 5.57 Å². The van der Waals surface area contributed by atoms with Gasteiger partial charge in [-0.15, -0.1) is 0 Å². The van der Waals surface area contributed by atoms with Gasteiger partial charge in [0, 0.05) is 6.54 Å². The van der Waals surface area contributed by atoms with E-state index in [2.05, 4.69) is 12.2 Å². The zero-order chi connectivity index (χ0) is 16.5. The monoisotopic (exact) mass is 309 g/mol. The van der Waals surface area contributed by atoms with Crippen molar-refractivity contribution < 1.29 is 24.2 Å². The van der Waals surface area contributed by atoms with Crippen molar-refractivity contribution in [2.24, 2.45) is 0 Å². The number of hydrogen-bond acceptors (Lipinski definition) is 5. The molecule has 0 radical (unpaired) electrons. The summed E-state index contributed by atoms with van der Waals surface area (Å²) in [6.07, 6.45) is 5.74. The number of allylic oxidation sites excluding steroid dienone is 2. The van der Waals surface area contributed by atoms with Gasteiger partial charge in [0.15, 0.2) is 11.5 Å². The number of aliphatic hydroxyl groups is 1. The van der Waals surface area contributed by atoms with Crippen LogP contribution in [0.1, 0.15) is 39.5 Å². The first kappa shape index (κ1) is 18.1. The van der Waals surface area contributed by atoms with Crippen molar-refractivity contribution in [3.05, 3.63) is 23.5 Å². The largest absolute Gasteiger partial charge is 0.486 e. The average molecular weight is 309 g/mol. The third-order valence-electron chi connectivity index (χ3n) is 3.24. The number of ketones is 2. The molecule has 2 N–H and O–H groups in total. The maximum Gasteiger partial charge on any atom is 0.259 e. The van der Waals surface area contributed by atoms with Crippen LogP contribution in [0.3, 0.4) is 0 Å². The molecule has 1 unspecified atom stereocenters. The van der Waals surface area contributed by atoms with Crippen molar-refractivity contribution in [2.45, 2.75) is 45.6 Å². The van der Waals surface area contributed by atoms with Gasteiger partial charge in [-0.05, 0) is 31.9 Å². The number of rotatable bonds is 9. The lowest BCUT2D eigenvalue weighted by Gasteiger charge is -2.20. The van der Waals surface area contributed by atoms with Crippen LogP contribution in [-0.4, -0.2) is 41.8 Å². The number of hydrogen-bond donors (Lipinski definition) is 2. The summed E-state index contributed by atoms with van der Waals surface area (Å²) in [7, 11) is 0. The van der Waals surface area contributed by atoms with Gasteiger partial charge in [-0.25, -0.2) is 0 Å². The van der Waals surface area contributed by atoms with E-state index in [1.54, 1.807) is 0 Å². The molecule has 0 spiro atoms. The summed E-state index contributed by atoms with van der Waals surface area (Å²) in [4.78, 5) is 35.8. The summed E-state index contributed by atoms with van der Waals surface area (Å²) in [5.41, 5.74) is -0.289. The second-order valence-electron chi connectivity index (χ2n) is 5.17. The third-order valence-corrected chi connectivity index (χ3v) is 3.24. The zero-order valence-electron chi connectivity index (χ0n) is 13.1. The Kier molecular flexibility index (Phi) is 7.52. The van der Waals surface area contributed by atoms with Crippen molar-refractivity contribution in [3.8, 4) is 0 Å². The molecule has 6 heteroatoms. The lowest BCUT2D eigenvalue weighted by atomic mass is 10.0. The van der Waals surface area contributed by atoms with Gasteiger partial charge < -0.3 is 15.2 Å². The van der Waals surface area contributed by atoms with Crippen molar-refractivity contribution in [3.63, 3.8) is 0 Å². The first-order valence-corrected chi connectivity index (χ1v) is 7.58. The summed E-state index contributed by atoms with van der Waals surface area (Å²) < 4.78 is 5.57. The maximum absolute atomic E-state index is 12.0. The number of nitrogens with one attached hydrogen (secondary N) is 1. The molecule has 1 amide bonds. The molecule has 0 heterocycles. The molecule has 1 aliphatic carbocycles.